The lowest BCUT2D eigenvalue weighted by molar-refractivity contribution is 0.0949. The third-order valence-electron chi connectivity index (χ3n) is 1.23. The maximum Gasteiger partial charge on any atom is 0.285 e. The summed E-state index contributed by atoms with van der Waals surface area (Å²) in [5, 5.41) is 0.376. The summed E-state index contributed by atoms with van der Waals surface area (Å²) < 4.78 is 0. The zero-order valence-corrected chi connectivity index (χ0v) is 6.80. The minimum absolute atomic E-state index is 0.0712. The summed E-state index contributed by atoms with van der Waals surface area (Å²) in [6.07, 6.45) is 1.32. The molecule has 0 bridgehead atoms. The Bertz CT molecular complexity index is 314. The lowest BCUT2D eigenvalue weighted by atomic mass is 10.3. The van der Waals surface area contributed by atoms with Gasteiger partial charge in [-0.3, -0.25) is 10.2 Å². The van der Waals surface area contributed by atoms with Crippen molar-refractivity contribution in [2.75, 3.05) is 5.73 Å². The second-order valence-corrected chi connectivity index (χ2v) is 2.50. The van der Waals surface area contributed by atoms with Crippen LogP contribution in [0.3, 0.4) is 0 Å². The average Bonchev–Trinajstić information content (AvgIpc) is 2.03. The first kappa shape index (κ1) is 8.76. The fourth-order valence-electron chi connectivity index (χ4n) is 0.713. The highest BCUT2D eigenvalue weighted by Gasteiger charge is 2.09. The second-order valence-electron chi connectivity index (χ2n) is 2.06. The third kappa shape index (κ3) is 1.63. The molecule has 0 aliphatic heterocycles. The van der Waals surface area contributed by atoms with Crippen LogP contribution in [0.5, 0.6) is 0 Å². The Hall–Kier alpha value is -1.33. The minimum atomic E-state index is -0.538. The van der Waals surface area contributed by atoms with Crippen LogP contribution >= 0.6 is 11.6 Å². The van der Waals surface area contributed by atoms with E-state index in [0.717, 1.165) is 0 Å². The second kappa shape index (κ2) is 3.38. The standard InChI is InChI=1S/C6H7ClN4O/c7-3-1-4(8)5(10-2-3)6(12)11-9/h1-2H,8-9H2,(H,11,12). The van der Waals surface area contributed by atoms with E-state index in [-0.39, 0.29) is 11.4 Å². The van der Waals surface area contributed by atoms with Crippen LogP contribution in [0.15, 0.2) is 12.3 Å². The number of amides is 1. The molecule has 0 spiro atoms. The van der Waals surface area contributed by atoms with E-state index in [9.17, 15) is 4.79 Å². The molecular weight excluding hydrogens is 180 g/mol. The van der Waals surface area contributed by atoms with Gasteiger partial charge in [-0.2, -0.15) is 0 Å². The van der Waals surface area contributed by atoms with Gasteiger partial charge in [-0.1, -0.05) is 11.6 Å². The van der Waals surface area contributed by atoms with Crippen LogP contribution in [0.25, 0.3) is 0 Å². The van der Waals surface area contributed by atoms with Crippen LogP contribution < -0.4 is 17.0 Å². The number of carbonyl (C=O) groups excluding carboxylic acids is 1. The van der Waals surface area contributed by atoms with Gasteiger partial charge in [0.15, 0.2) is 5.69 Å². The highest BCUT2D eigenvalue weighted by atomic mass is 35.5. The zero-order valence-electron chi connectivity index (χ0n) is 6.04. The molecule has 1 heterocycles. The first-order chi connectivity index (χ1) is 5.65. The molecule has 0 saturated heterocycles. The Labute approximate surface area is 73.7 Å². The molecule has 12 heavy (non-hydrogen) atoms. The van der Waals surface area contributed by atoms with Crippen LogP contribution in [0, 0.1) is 0 Å². The number of nitrogens with zero attached hydrogens (tertiary/aromatic N) is 1. The van der Waals surface area contributed by atoms with Crippen LogP contribution in [-0.2, 0) is 0 Å². The number of hydrazine groups is 1. The summed E-state index contributed by atoms with van der Waals surface area (Å²) in [6.45, 7) is 0. The van der Waals surface area contributed by atoms with E-state index >= 15 is 0 Å². The topological polar surface area (TPSA) is 94.0 Å². The van der Waals surface area contributed by atoms with Gasteiger partial charge in [0.2, 0.25) is 0 Å². The maximum absolute atomic E-state index is 10.9. The lowest BCUT2D eigenvalue weighted by Crippen LogP contribution is -2.31. The Kier molecular flexibility index (Phi) is 2.47. The predicted octanol–water partition coefficient (Wildman–Crippen LogP) is -0.0793. The third-order valence-corrected chi connectivity index (χ3v) is 1.44. The van der Waals surface area contributed by atoms with Crippen molar-refractivity contribution < 1.29 is 4.79 Å². The first-order valence-electron chi connectivity index (χ1n) is 3.07. The molecule has 1 amide bonds. The quantitative estimate of drug-likeness (QED) is 0.325. The normalized spacial score (nSPS) is 9.50. The molecule has 0 fully saturated rings. The summed E-state index contributed by atoms with van der Waals surface area (Å²) in [5.41, 5.74) is 7.62. The van der Waals surface area contributed by atoms with Gasteiger partial charge in [0.05, 0.1) is 10.7 Å². The zero-order chi connectivity index (χ0) is 9.14. The van der Waals surface area contributed by atoms with Crippen molar-refractivity contribution in [2.24, 2.45) is 5.84 Å². The van der Waals surface area contributed by atoms with Crippen molar-refractivity contribution in [1.29, 1.82) is 0 Å². The van der Waals surface area contributed by atoms with Crippen LogP contribution in [-0.4, -0.2) is 10.9 Å². The minimum Gasteiger partial charge on any atom is -0.397 e. The molecule has 5 nitrogen and oxygen atoms in total. The molecule has 0 radical (unpaired) electrons. The molecule has 0 aliphatic rings. The molecule has 0 aromatic carbocycles. The van der Waals surface area contributed by atoms with Crippen molar-refractivity contribution in [1.82, 2.24) is 10.4 Å². The highest BCUT2D eigenvalue weighted by molar-refractivity contribution is 6.30. The summed E-state index contributed by atoms with van der Waals surface area (Å²) in [5.74, 6) is 4.35. The summed E-state index contributed by atoms with van der Waals surface area (Å²) >= 11 is 5.56. The smallest absolute Gasteiger partial charge is 0.285 e. The number of nitrogens with two attached hydrogens (primary N) is 2. The Morgan fingerprint density at radius 1 is 1.67 bits per heavy atom. The van der Waals surface area contributed by atoms with E-state index in [1.807, 2.05) is 5.43 Å². The fraction of sp³-hybridized carbons (Fsp3) is 0. The van der Waals surface area contributed by atoms with Gasteiger partial charge < -0.3 is 5.73 Å². The molecular formula is C6H7ClN4O. The number of hydrogen-bond donors (Lipinski definition) is 3. The van der Waals surface area contributed by atoms with Gasteiger partial charge in [-0.25, -0.2) is 10.8 Å². The van der Waals surface area contributed by atoms with Gasteiger partial charge in [0, 0.05) is 6.20 Å². The number of aromatic nitrogens is 1. The van der Waals surface area contributed by atoms with Crippen molar-refractivity contribution in [3.63, 3.8) is 0 Å². The number of nitrogen functional groups attached to an aromatic ring is 2. The molecule has 5 N–H and O–H groups in total. The summed E-state index contributed by atoms with van der Waals surface area (Å²) in [6, 6.07) is 1.43. The summed E-state index contributed by atoms with van der Waals surface area (Å²) in [4.78, 5) is 14.6. The molecule has 64 valence electrons. The first-order valence-corrected chi connectivity index (χ1v) is 3.45. The Morgan fingerprint density at radius 3 is 2.83 bits per heavy atom. The van der Waals surface area contributed by atoms with Crippen LogP contribution in [0.2, 0.25) is 5.02 Å². The number of carbonyl (C=O) groups is 1. The van der Waals surface area contributed by atoms with Gasteiger partial charge in [0.25, 0.3) is 5.91 Å². The number of hydrogen-bond acceptors (Lipinski definition) is 4. The highest BCUT2D eigenvalue weighted by Crippen LogP contribution is 2.14. The molecule has 6 heteroatoms. The monoisotopic (exact) mass is 186 g/mol. The average molecular weight is 187 g/mol. The molecule has 1 aromatic heterocycles. The van der Waals surface area contributed by atoms with Crippen molar-refractivity contribution in [3.05, 3.63) is 23.0 Å². The van der Waals surface area contributed by atoms with E-state index in [1.165, 1.54) is 12.3 Å². The SMILES string of the molecule is NNC(=O)c1ncc(Cl)cc1N. The number of nitrogens with one attached hydrogen (secondary N) is 1. The lowest BCUT2D eigenvalue weighted by Gasteiger charge is -2.01. The molecule has 0 unspecified atom stereocenters. The number of pyridine rings is 1. The number of anilines is 1. The molecule has 1 aromatic rings. The van der Waals surface area contributed by atoms with Crippen molar-refractivity contribution >= 4 is 23.2 Å². The van der Waals surface area contributed by atoms with E-state index in [2.05, 4.69) is 4.98 Å². The van der Waals surface area contributed by atoms with E-state index < -0.39 is 5.91 Å². The van der Waals surface area contributed by atoms with Gasteiger partial charge in [-0.15, -0.1) is 0 Å². The number of rotatable bonds is 1. The Morgan fingerprint density at radius 2 is 2.33 bits per heavy atom. The van der Waals surface area contributed by atoms with E-state index in [4.69, 9.17) is 23.2 Å². The Balaban J connectivity index is 3.09. The van der Waals surface area contributed by atoms with E-state index in [1.54, 1.807) is 0 Å². The predicted molar refractivity (Wildman–Crippen MR) is 45.3 cm³/mol. The molecule has 0 saturated carbocycles. The van der Waals surface area contributed by atoms with Gasteiger partial charge in [0.1, 0.15) is 0 Å². The van der Waals surface area contributed by atoms with E-state index in [0.29, 0.717) is 5.02 Å². The summed E-state index contributed by atoms with van der Waals surface area (Å²) in [7, 11) is 0. The molecule has 0 aliphatic carbocycles. The van der Waals surface area contributed by atoms with Crippen molar-refractivity contribution in [3.8, 4) is 0 Å². The number of halogens is 1. The largest absolute Gasteiger partial charge is 0.397 e. The maximum atomic E-state index is 10.9. The molecule has 1 rings (SSSR count). The van der Waals surface area contributed by atoms with Crippen molar-refractivity contribution in [2.45, 2.75) is 0 Å². The molecule has 0 atom stereocenters. The van der Waals surface area contributed by atoms with Gasteiger partial charge >= 0.3 is 0 Å². The fourth-order valence-corrected chi connectivity index (χ4v) is 0.879. The van der Waals surface area contributed by atoms with Crippen LogP contribution in [0.1, 0.15) is 10.5 Å². The van der Waals surface area contributed by atoms with Crippen LogP contribution in [0.4, 0.5) is 5.69 Å². The van der Waals surface area contributed by atoms with Gasteiger partial charge in [-0.05, 0) is 6.07 Å².